The smallest absolute Gasteiger partial charge is 0.230 e. The molecule has 1 saturated heterocycles. The highest BCUT2D eigenvalue weighted by atomic mass is 35.5. The van der Waals surface area contributed by atoms with Crippen molar-refractivity contribution in [3.63, 3.8) is 0 Å². The molecule has 0 aliphatic carbocycles. The van der Waals surface area contributed by atoms with Crippen molar-refractivity contribution in [2.75, 3.05) is 5.75 Å². The molecular weight excluding hydrogens is 290 g/mol. The maximum absolute atomic E-state index is 12.2. The van der Waals surface area contributed by atoms with E-state index in [2.05, 4.69) is 5.32 Å². The van der Waals surface area contributed by atoms with Gasteiger partial charge in [-0.2, -0.15) is 0 Å². The number of hydrogen-bond acceptors (Lipinski definition) is 4. The minimum atomic E-state index is -3.59. The van der Waals surface area contributed by atoms with E-state index >= 15 is 0 Å². The third-order valence-corrected chi connectivity index (χ3v) is 4.98. The lowest BCUT2D eigenvalue weighted by molar-refractivity contribution is -0.135. The SMILES string of the molecule is O=C1CCC(CS(=O)(=O)c2cccc(Cl)c2)C(=O)N1. The molecule has 2 amide bonds. The van der Waals surface area contributed by atoms with Gasteiger partial charge in [-0.1, -0.05) is 17.7 Å². The first-order valence-corrected chi connectivity index (χ1v) is 7.73. The van der Waals surface area contributed by atoms with Crippen molar-refractivity contribution in [2.24, 2.45) is 5.92 Å². The molecular formula is C12H12ClNO4S. The van der Waals surface area contributed by atoms with Crippen LogP contribution < -0.4 is 5.32 Å². The largest absolute Gasteiger partial charge is 0.296 e. The van der Waals surface area contributed by atoms with Crippen molar-refractivity contribution in [1.29, 1.82) is 0 Å². The predicted octanol–water partition coefficient (Wildman–Crippen LogP) is 1.17. The first kappa shape index (κ1) is 14.0. The quantitative estimate of drug-likeness (QED) is 0.850. The van der Waals surface area contributed by atoms with Crippen LogP contribution in [-0.2, 0) is 19.4 Å². The van der Waals surface area contributed by atoms with Gasteiger partial charge in [0.15, 0.2) is 9.84 Å². The second-order valence-electron chi connectivity index (χ2n) is 4.39. The Morgan fingerprint density at radius 1 is 1.32 bits per heavy atom. The Morgan fingerprint density at radius 3 is 2.68 bits per heavy atom. The number of carbonyl (C=O) groups excluding carboxylic acids is 2. The Kier molecular flexibility index (Phi) is 3.91. The highest BCUT2D eigenvalue weighted by Gasteiger charge is 2.31. The van der Waals surface area contributed by atoms with E-state index in [1.54, 1.807) is 12.1 Å². The molecule has 1 N–H and O–H groups in total. The number of nitrogens with one attached hydrogen (secondary N) is 1. The van der Waals surface area contributed by atoms with Crippen LogP contribution in [0.1, 0.15) is 12.8 Å². The lowest BCUT2D eigenvalue weighted by Crippen LogP contribution is -2.43. The summed E-state index contributed by atoms with van der Waals surface area (Å²) in [5.41, 5.74) is 0. The van der Waals surface area contributed by atoms with E-state index in [0.717, 1.165) is 0 Å². The van der Waals surface area contributed by atoms with Crippen LogP contribution in [0.3, 0.4) is 0 Å². The summed E-state index contributed by atoms with van der Waals surface area (Å²) in [4.78, 5) is 22.6. The van der Waals surface area contributed by atoms with E-state index in [-0.39, 0.29) is 29.4 Å². The summed E-state index contributed by atoms with van der Waals surface area (Å²) in [6, 6.07) is 5.90. The van der Waals surface area contributed by atoms with Crippen LogP contribution in [-0.4, -0.2) is 26.0 Å². The van der Waals surface area contributed by atoms with Crippen molar-refractivity contribution in [3.8, 4) is 0 Å². The Bertz CT molecular complexity index is 626. The van der Waals surface area contributed by atoms with E-state index < -0.39 is 21.7 Å². The minimum absolute atomic E-state index is 0.0877. The van der Waals surface area contributed by atoms with Crippen LogP contribution in [0.5, 0.6) is 0 Å². The molecule has 1 fully saturated rings. The number of benzene rings is 1. The van der Waals surface area contributed by atoms with Crippen molar-refractivity contribution >= 4 is 33.3 Å². The Hall–Kier alpha value is -1.40. The fourth-order valence-corrected chi connectivity index (χ4v) is 3.81. The summed E-state index contributed by atoms with van der Waals surface area (Å²) >= 11 is 5.75. The lowest BCUT2D eigenvalue weighted by Gasteiger charge is -2.20. The number of amides is 2. The van der Waals surface area contributed by atoms with Gasteiger partial charge in [0.05, 0.1) is 16.6 Å². The second kappa shape index (κ2) is 5.30. The van der Waals surface area contributed by atoms with Gasteiger partial charge in [0.2, 0.25) is 11.8 Å². The third kappa shape index (κ3) is 3.33. The van der Waals surface area contributed by atoms with Crippen LogP contribution >= 0.6 is 11.6 Å². The lowest BCUT2D eigenvalue weighted by atomic mass is 10.0. The normalized spacial score (nSPS) is 20.2. The molecule has 1 unspecified atom stereocenters. The van der Waals surface area contributed by atoms with Crippen LogP contribution in [0.25, 0.3) is 0 Å². The Morgan fingerprint density at radius 2 is 2.05 bits per heavy atom. The molecule has 1 aromatic rings. The molecule has 7 heteroatoms. The van der Waals surface area contributed by atoms with E-state index in [0.29, 0.717) is 5.02 Å². The number of halogens is 1. The molecule has 1 aliphatic rings. The van der Waals surface area contributed by atoms with Gasteiger partial charge >= 0.3 is 0 Å². The summed E-state index contributed by atoms with van der Waals surface area (Å²) in [5.74, 6) is -1.89. The predicted molar refractivity (Wildman–Crippen MR) is 69.4 cm³/mol. The van der Waals surface area contributed by atoms with Gasteiger partial charge in [0, 0.05) is 11.4 Å². The molecule has 2 rings (SSSR count). The average Bonchev–Trinajstić information content (AvgIpc) is 2.33. The van der Waals surface area contributed by atoms with Gasteiger partial charge < -0.3 is 0 Å². The number of piperidine rings is 1. The number of imide groups is 1. The molecule has 5 nitrogen and oxygen atoms in total. The number of hydrogen-bond donors (Lipinski definition) is 1. The van der Waals surface area contributed by atoms with Crippen molar-refractivity contribution in [2.45, 2.75) is 17.7 Å². The van der Waals surface area contributed by atoms with Gasteiger partial charge in [0.25, 0.3) is 0 Å². The average molecular weight is 302 g/mol. The van der Waals surface area contributed by atoms with Gasteiger partial charge in [-0.3, -0.25) is 14.9 Å². The number of sulfone groups is 1. The third-order valence-electron chi connectivity index (χ3n) is 2.93. The van der Waals surface area contributed by atoms with Crippen LogP contribution in [0.15, 0.2) is 29.2 Å². The number of carbonyl (C=O) groups is 2. The molecule has 102 valence electrons. The Balaban J connectivity index is 2.18. The van der Waals surface area contributed by atoms with Gasteiger partial charge in [0.1, 0.15) is 0 Å². The zero-order valence-electron chi connectivity index (χ0n) is 9.93. The minimum Gasteiger partial charge on any atom is -0.296 e. The molecule has 1 atom stereocenters. The second-order valence-corrected chi connectivity index (χ2v) is 6.86. The monoisotopic (exact) mass is 301 g/mol. The highest BCUT2D eigenvalue weighted by Crippen LogP contribution is 2.21. The molecule has 0 bridgehead atoms. The molecule has 0 spiro atoms. The summed E-state index contributed by atoms with van der Waals surface area (Å²) in [7, 11) is -3.59. The summed E-state index contributed by atoms with van der Waals surface area (Å²) in [5, 5.41) is 2.47. The van der Waals surface area contributed by atoms with Crippen molar-refractivity contribution in [3.05, 3.63) is 29.3 Å². The molecule has 0 aromatic heterocycles. The van der Waals surface area contributed by atoms with E-state index in [1.165, 1.54) is 12.1 Å². The van der Waals surface area contributed by atoms with E-state index in [1.807, 2.05) is 0 Å². The van der Waals surface area contributed by atoms with E-state index in [4.69, 9.17) is 11.6 Å². The first-order valence-electron chi connectivity index (χ1n) is 5.70. The molecule has 1 aromatic carbocycles. The van der Waals surface area contributed by atoms with E-state index in [9.17, 15) is 18.0 Å². The number of rotatable bonds is 3. The van der Waals surface area contributed by atoms with Crippen molar-refractivity contribution in [1.82, 2.24) is 5.32 Å². The maximum atomic E-state index is 12.2. The Labute approximate surface area is 115 Å². The van der Waals surface area contributed by atoms with Crippen LogP contribution in [0.2, 0.25) is 5.02 Å². The van der Waals surface area contributed by atoms with Crippen molar-refractivity contribution < 1.29 is 18.0 Å². The summed E-state index contributed by atoms with van der Waals surface area (Å²) in [6.07, 6.45) is 0.423. The molecule has 0 radical (unpaired) electrons. The highest BCUT2D eigenvalue weighted by molar-refractivity contribution is 7.91. The summed E-state index contributed by atoms with van der Waals surface area (Å²) < 4.78 is 24.3. The molecule has 1 heterocycles. The zero-order valence-corrected chi connectivity index (χ0v) is 11.5. The van der Waals surface area contributed by atoms with Gasteiger partial charge in [-0.05, 0) is 24.6 Å². The zero-order chi connectivity index (χ0) is 14.0. The van der Waals surface area contributed by atoms with Gasteiger partial charge in [-0.15, -0.1) is 0 Å². The molecule has 1 aliphatic heterocycles. The topological polar surface area (TPSA) is 80.3 Å². The van der Waals surface area contributed by atoms with Crippen LogP contribution in [0, 0.1) is 5.92 Å². The molecule has 0 saturated carbocycles. The van der Waals surface area contributed by atoms with Crippen LogP contribution in [0.4, 0.5) is 0 Å². The summed E-state index contributed by atoms with van der Waals surface area (Å²) in [6.45, 7) is 0. The fourth-order valence-electron chi connectivity index (χ4n) is 1.92. The fraction of sp³-hybridized carbons (Fsp3) is 0.333. The molecule has 19 heavy (non-hydrogen) atoms. The first-order chi connectivity index (χ1) is 8.88. The maximum Gasteiger partial charge on any atom is 0.230 e. The van der Waals surface area contributed by atoms with Gasteiger partial charge in [-0.25, -0.2) is 8.42 Å². The standard InChI is InChI=1S/C12H12ClNO4S/c13-9-2-1-3-10(6-9)19(17,18)7-8-4-5-11(15)14-12(8)16/h1-3,6,8H,4-5,7H2,(H,14,15,16).